The Balaban J connectivity index is 0.00000133. The molecular formula is C13H8BrIrN4-. The first-order valence-electron chi connectivity index (χ1n) is 5.36. The molecule has 0 atom stereocenters. The first-order chi connectivity index (χ1) is 8.84. The minimum absolute atomic E-state index is 0. The average molecular weight is 492 g/mol. The summed E-state index contributed by atoms with van der Waals surface area (Å²) in [4.78, 5) is 8.41. The smallest absolute Gasteiger partial charge is 0.106 e. The van der Waals surface area contributed by atoms with Gasteiger partial charge in [0.05, 0.1) is 11.4 Å². The summed E-state index contributed by atoms with van der Waals surface area (Å²) in [5.41, 5.74) is 3.57. The van der Waals surface area contributed by atoms with E-state index in [9.17, 15) is 0 Å². The second-order valence-corrected chi connectivity index (χ2v) is 4.50. The Labute approximate surface area is 132 Å². The van der Waals surface area contributed by atoms with E-state index >= 15 is 0 Å². The molecule has 0 saturated carbocycles. The van der Waals surface area contributed by atoms with E-state index in [4.69, 9.17) is 0 Å². The first-order valence-corrected chi connectivity index (χ1v) is 6.15. The number of rotatable bonds is 2. The Morgan fingerprint density at radius 3 is 2.68 bits per heavy atom. The molecule has 1 radical (unpaired) electrons. The maximum absolute atomic E-state index is 4.30. The molecule has 3 rings (SSSR count). The third kappa shape index (κ3) is 2.97. The molecule has 0 saturated heterocycles. The monoisotopic (exact) mass is 492 g/mol. The molecule has 4 nitrogen and oxygen atoms in total. The fraction of sp³-hybridized carbons (Fsp3) is 0. The van der Waals surface area contributed by atoms with E-state index in [2.05, 4.69) is 36.1 Å². The van der Waals surface area contributed by atoms with E-state index < -0.39 is 0 Å². The summed E-state index contributed by atoms with van der Waals surface area (Å²) in [6.45, 7) is 0. The summed E-state index contributed by atoms with van der Waals surface area (Å²) in [7, 11) is 0. The molecule has 97 valence electrons. The minimum Gasteiger partial charge on any atom is -0.581 e. The van der Waals surface area contributed by atoms with Crippen molar-refractivity contribution in [2.75, 3.05) is 0 Å². The van der Waals surface area contributed by atoms with Crippen molar-refractivity contribution in [1.29, 1.82) is 0 Å². The molecule has 0 aliphatic carbocycles. The topological polar surface area (TPSA) is 52.8 Å². The molecular weight excluding hydrogens is 484 g/mol. The quantitative estimate of drug-likeness (QED) is 0.517. The molecule has 0 fully saturated rings. The molecule has 6 heteroatoms. The van der Waals surface area contributed by atoms with Crippen LogP contribution >= 0.6 is 15.9 Å². The molecule has 3 aromatic heterocycles. The van der Waals surface area contributed by atoms with Crippen molar-refractivity contribution in [2.24, 2.45) is 0 Å². The first kappa shape index (κ1) is 14.1. The van der Waals surface area contributed by atoms with Crippen molar-refractivity contribution in [3.8, 4) is 22.5 Å². The van der Waals surface area contributed by atoms with Gasteiger partial charge in [0.2, 0.25) is 0 Å². The van der Waals surface area contributed by atoms with Crippen LogP contribution in [0.5, 0.6) is 0 Å². The maximum atomic E-state index is 4.30. The van der Waals surface area contributed by atoms with Gasteiger partial charge >= 0.3 is 0 Å². The summed E-state index contributed by atoms with van der Waals surface area (Å²) in [5, 5.41) is 8.12. The fourth-order valence-corrected chi connectivity index (χ4v) is 2.10. The van der Waals surface area contributed by atoms with Crippen LogP contribution in [0.1, 0.15) is 0 Å². The van der Waals surface area contributed by atoms with Crippen molar-refractivity contribution in [3.63, 3.8) is 0 Å². The number of pyridine rings is 2. The summed E-state index contributed by atoms with van der Waals surface area (Å²) in [6, 6.07) is 9.59. The summed E-state index contributed by atoms with van der Waals surface area (Å²) in [5.74, 6) is 0. The molecule has 3 heterocycles. The average Bonchev–Trinajstić information content (AvgIpc) is 2.89. The van der Waals surface area contributed by atoms with Gasteiger partial charge < -0.3 is 10.2 Å². The van der Waals surface area contributed by atoms with Crippen LogP contribution in [0.2, 0.25) is 0 Å². The van der Waals surface area contributed by atoms with Crippen molar-refractivity contribution in [3.05, 3.63) is 53.5 Å². The van der Waals surface area contributed by atoms with E-state index in [-0.39, 0.29) is 20.1 Å². The SMILES string of the molecule is Brc1cc(-c2c[n-]nc2-c2ccccn2)ccn1.[Ir]. The van der Waals surface area contributed by atoms with E-state index in [1.165, 1.54) is 0 Å². The molecule has 0 spiro atoms. The second kappa shape index (κ2) is 6.19. The van der Waals surface area contributed by atoms with Gasteiger partial charge in [0.15, 0.2) is 0 Å². The Morgan fingerprint density at radius 2 is 1.95 bits per heavy atom. The van der Waals surface area contributed by atoms with Gasteiger partial charge in [0.25, 0.3) is 0 Å². The van der Waals surface area contributed by atoms with E-state index in [0.29, 0.717) is 0 Å². The zero-order chi connectivity index (χ0) is 12.4. The summed E-state index contributed by atoms with van der Waals surface area (Å²) >= 11 is 3.36. The van der Waals surface area contributed by atoms with Crippen molar-refractivity contribution >= 4 is 15.9 Å². The van der Waals surface area contributed by atoms with Crippen molar-refractivity contribution in [1.82, 2.24) is 20.2 Å². The molecule has 0 bridgehead atoms. The molecule has 19 heavy (non-hydrogen) atoms. The van der Waals surface area contributed by atoms with E-state index in [1.54, 1.807) is 18.6 Å². The molecule has 0 aliphatic heterocycles. The van der Waals surface area contributed by atoms with Crippen LogP contribution in [0.4, 0.5) is 0 Å². The van der Waals surface area contributed by atoms with E-state index in [0.717, 1.165) is 27.1 Å². The van der Waals surface area contributed by atoms with Crippen LogP contribution in [0, 0.1) is 0 Å². The molecule has 0 aliphatic rings. The van der Waals surface area contributed by atoms with Crippen molar-refractivity contribution in [2.45, 2.75) is 0 Å². The molecule has 3 aromatic rings. The van der Waals surface area contributed by atoms with E-state index in [1.807, 2.05) is 30.3 Å². The Morgan fingerprint density at radius 1 is 1.05 bits per heavy atom. The van der Waals surface area contributed by atoms with Gasteiger partial charge in [-0.3, -0.25) is 4.98 Å². The number of hydrogen-bond acceptors (Lipinski definition) is 3. The molecule has 0 amide bonds. The second-order valence-electron chi connectivity index (χ2n) is 3.69. The third-order valence-electron chi connectivity index (χ3n) is 2.54. The van der Waals surface area contributed by atoms with Gasteiger partial charge in [0, 0.05) is 32.5 Å². The van der Waals surface area contributed by atoms with Crippen LogP contribution in [-0.4, -0.2) is 15.1 Å². The minimum atomic E-state index is 0. The van der Waals surface area contributed by atoms with Crippen molar-refractivity contribution < 1.29 is 20.1 Å². The molecule has 0 unspecified atom stereocenters. The van der Waals surface area contributed by atoms with Crippen LogP contribution in [0.25, 0.3) is 22.5 Å². The maximum Gasteiger partial charge on any atom is 0.106 e. The fourth-order valence-electron chi connectivity index (χ4n) is 1.73. The number of nitrogens with zero attached hydrogens (tertiary/aromatic N) is 4. The number of hydrogen-bond donors (Lipinski definition) is 0. The molecule has 0 aromatic carbocycles. The van der Waals surface area contributed by atoms with Gasteiger partial charge in [-0.05, 0) is 51.3 Å². The number of halogens is 1. The van der Waals surface area contributed by atoms with Gasteiger partial charge in [-0.15, -0.1) is 0 Å². The normalized spacial score (nSPS) is 9.95. The zero-order valence-electron chi connectivity index (χ0n) is 9.62. The predicted octanol–water partition coefficient (Wildman–Crippen LogP) is 2.92. The zero-order valence-corrected chi connectivity index (χ0v) is 13.6. The predicted molar refractivity (Wildman–Crippen MR) is 71.7 cm³/mol. The molecule has 0 N–H and O–H groups in total. The van der Waals surface area contributed by atoms with Gasteiger partial charge in [0.1, 0.15) is 4.60 Å². The van der Waals surface area contributed by atoms with Gasteiger partial charge in [-0.2, -0.15) is 6.20 Å². The van der Waals surface area contributed by atoms with Gasteiger partial charge in [-0.1, -0.05) is 6.07 Å². The van der Waals surface area contributed by atoms with Gasteiger partial charge in [-0.25, -0.2) is 4.98 Å². The largest absolute Gasteiger partial charge is 0.581 e. The van der Waals surface area contributed by atoms with Crippen LogP contribution in [0.3, 0.4) is 0 Å². The van der Waals surface area contributed by atoms with Crippen LogP contribution < -0.4 is 5.10 Å². The Bertz CT molecular complexity index is 669. The number of aromatic nitrogens is 4. The van der Waals surface area contributed by atoms with Crippen LogP contribution in [-0.2, 0) is 20.1 Å². The standard InChI is InChI=1S/C13H8BrN4.Ir/c14-12-7-9(4-6-16-12)10-8-17-18-13(10)11-3-1-2-5-15-11;/h1-8H;/q-1;. The summed E-state index contributed by atoms with van der Waals surface area (Å²) < 4.78 is 0.785. The third-order valence-corrected chi connectivity index (χ3v) is 2.98. The van der Waals surface area contributed by atoms with Crippen LogP contribution in [0.15, 0.2) is 53.5 Å². The Hall–Kier alpha value is -1.36. The Kier molecular flexibility index (Phi) is 4.58. The summed E-state index contributed by atoms with van der Waals surface area (Å²) in [6.07, 6.45) is 5.23.